The minimum Gasteiger partial charge on any atom is -0.466 e. The lowest BCUT2D eigenvalue weighted by Gasteiger charge is -2.14. The molecule has 6 heteroatoms. The van der Waals surface area contributed by atoms with Gasteiger partial charge in [-0.25, -0.2) is 4.39 Å². The van der Waals surface area contributed by atoms with Crippen LogP contribution in [0.2, 0.25) is 5.02 Å². The summed E-state index contributed by atoms with van der Waals surface area (Å²) in [4.78, 5) is 10.8. The van der Waals surface area contributed by atoms with Crippen LogP contribution in [0.5, 0.6) is 11.5 Å². The predicted molar refractivity (Wildman–Crippen MR) is 92.4 cm³/mol. The molecule has 25 heavy (non-hydrogen) atoms. The first-order valence-electron chi connectivity index (χ1n) is 7.76. The van der Waals surface area contributed by atoms with Gasteiger partial charge in [-0.05, 0) is 35.7 Å². The number of nitrogens with zero attached hydrogens (tertiary/aromatic N) is 1. The number of ether oxygens (including phenoxy) is 2. The van der Waals surface area contributed by atoms with Gasteiger partial charge in [0.25, 0.3) is 0 Å². The Balaban J connectivity index is 2.33. The third-order valence-corrected chi connectivity index (χ3v) is 3.75. The van der Waals surface area contributed by atoms with E-state index >= 15 is 0 Å². The molecule has 0 saturated heterocycles. The van der Waals surface area contributed by atoms with Crippen LogP contribution in [-0.4, -0.2) is 12.6 Å². The maximum atomic E-state index is 14.8. The zero-order chi connectivity index (χ0) is 18.4. The molecule has 2 aromatic carbocycles. The average Bonchev–Trinajstić information content (AvgIpc) is 2.57. The fourth-order valence-corrected chi connectivity index (χ4v) is 2.55. The van der Waals surface area contributed by atoms with E-state index in [9.17, 15) is 9.18 Å². The molecule has 0 amide bonds. The SMILES string of the molecule is CCc1ccc(CCOC(C)=O)c(F)c1Oc1cc(Cl)cc(C#N)c1. The summed E-state index contributed by atoms with van der Waals surface area (Å²) in [5.41, 5.74) is 1.40. The second kappa shape index (κ2) is 8.50. The van der Waals surface area contributed by atoms with Crippen LogP contribution in [0.25, 0.3) is 0 Å². The van der Waals surface area contributed by atoms with Crippen molar-refractivity contribution >= 4 is 17.6 Å². The van der Waals surface area contributed by atoms with Gasteiger partial charge in [0.15, 0.2) is 11.6 Å². The third kappa shape index (κ3) is 4.94. The molecule has 2 aromatic rings. The molecule has 0 bridgehead atoms. The molecule has 0 atom stereocenters. The largest absolute Gasteiger partial charge is 0.466 e. The Labute approximate surface area is 150 Å². The van der Waals surface area contributed by atoms with Gasteiger partial charge in [-0.3, -0.25) is 4.79 Å². The number of carbonyl (C=O) groups is 1. The van der Waals surface area contributed by atoms with Gasteiger partial charge in [0, 0.05) is 18.4 Å². The molecule has 130 valence electrons. The summed E-state index contributed by atoms with van der Waals surface area (Å²) in [6.07, 6.45) is 0.812. The lowest BCUT2D eigenvalue weighted by molar-refractivity contribution is -0.140. The van der Waals surface area contributed by atoms with Gasteiger partial charge in [-0.15, -0.1) is 0 Å². The molecule has 0 spiro atoms. The van der Waals surface area contributed by atoms with E-state index in [-0.39, 0.29) is 24.5 Å². The third-order valence-electron chi connectivity index (χ3n) is 3.54. The first-order valence-corrected chi connectivity index (χ1v) is 8.14. The van der Waals surface area contributed by atoms with Gasteiger partial charge >= 0.3 is 5.97 Å². The number of carbonyl (C=O) groups excluding carboxylic acids is 1. The molecule has 0 radical (unpaired) electrons. The van der Waals surface area contributed by atoms with Gasteiger partial charge in [0.05, 0.1) is 18.2 Å². The Morgan fingerprint density at radius 2 is 2.00 bits per heavy atom. The summed E-state index contributed by atoms with van der Waals surface area (Å²) in [6.45, 7) is 3.28. The standard InChI is InChI=1S/C19H17ClFNO3/c1-3-14-4-5-15(6-7-24-12(2)23)18(21)19(14)25-17-9-13(11-22)8-16(20)10-17/h4-5,8-10H,3,6-7H2,1-2H3. The van der Waals surface area contributed by atoms with E-state index in [1.807, 2.05) is 13.0 Å². The summed E-state index contributed by atoms with van der Waals surface area (Å²) < 4.78 is 25.4. The van der Waals surface area contributed by atoms with Crippen molar-refractivity contribution in [3.05, 3.63) is 57.9 Å². The Hall–Kier alpha value is -2.58. The van der Waals surface area contributed by atoms with Crippen LogP contribution in [-0.2, 0) is 22.4 Å². The van der Waals surface area contributed by atoms with Crippen molar-refractivity contribution in [2.24, 2.45) is 0 Å². The number of hydrogen-bond acceptors (Lipinski definition) is 4. The molecule has 0 fully saturated rings. The number of halogens is 2. The highest BCUT2D eigenvalue weighted by atomic mass is 35.5. The van der Waals surface area contributed by atoms with E-state index in [1.165, 1.54) is 25.1 Å². The molecule has 0 aromatic heterocycles. The van der Waals surface area contributed by atoms with Gasteiger partial charge in [-0.2, -0.15) is 5.26 Å². The fraction of sp³-hybridized carbons (Fsp3) is 0.263. The Kier molecular flexibility index (Phi) is 6.37. The molecule has 0 aliphatic rings. The summed E-state index contributed by atoms with van der Waals surface area (Å²) >= 11 is 5.96. The molecule has 0 aliphatic heterocycles. The van der Waals surface area contributed by atoms with Crippen molar-refractivity contribution < 1.29 is 18.7 Å². The summed E-state index contributed by atoms with van der Waals surface area (Å²) in [5.74, 6) is -0.543. The Morgan fingerprint density at radius 1 is 1.28 bits per heavy atom. The van der Waals surface area contributed by atoms with Crippen LogP contribution in [0.3, 0.4) is 0 Å². The lowest BCUT2D eigenvalue weighted by atomic mass is 10.1. The predicted octanol–water partition coefficient (Wildman–Crippen LogP) is 4.81. The maximum absolute atomic E-state index is 14.8. The topological polar surface area (TPSA) is 59.3 Å². The van der Waals surface area contributed by atoms with Crippen LogP contribution >= 0.6 is 11.6 Å². The van der Waals surface area contributed by atoms with Crippen molar-refractivity contribution in [3.8, 4) is 17.6 Å². The van der Waals surface area contributed by atoms with Crippen LogP contribution in [0.1, 0.15) is 30.5 Å². The number of aryl methyl sites for hydroxylation is 1. The van der Waals surface area contributed by atoms with Gasteiger partial charge < -0.3 is 9.47 Å². The molecule has 0 N–H and O–H groups in total. The minimum absolute atomic E-state index is 0.0902. The molecule has 2 rings (SSSR count). The van der Waals surface area contributed by atoms with E-state index in [0.717, 1.165) is 0 Å². The van der Waals surface area contributed by atoms with Crippen molar-refractivity contribution in [2.75, 3.05) is 6.61 Å². The second-order valence-electron chi connectivity index (χ2n) is 5.36. The van der Waals surface area contributed by atoms with Crippen LogP contribution in [0.4, 0.5) is 4.39 Å². The van der Waals surface area contributed by atoms with E-state index < -0.39 is 11.8 Å². The highest BCUT2D eigenvalue weighted by Gasteiger charge is 2.16. The van der Waals surface area contributed by atoms with Gasteiger partial charge in [-0.1, -0.05) is 30.7 Å². The zero-order valence-corrected chi connectivity index (χ0v) is 14.7. The average molecular weight is 362 g/mol. The number of nitriles is 1. The van der Waals surface area contributed by atoms with Crippen LogP contribution in [0.15, 0.2) is 30.3 Å². The molecule has 0 aliphatic carbocycles. The van der Waals surface area contributed by atoms with Gasteiger partial charge in [0.2, 0.25) is 0 Å². The molecule has 0 heterocycles. The fourth-order valence-electron chi connectivity index (χ4n) is 2.33. The van der Waals surface area contributed by atoms with E-state index in [4.69, 9.17) is 26.3 Å². The molecule has 0 saturated carbocycles. The number of rotatable bonds is 6. The maximum Gasteiger partial charge on any atom is 0.302 e. The lowest BCUT2D eigenvalue weighted by Crippen LogP contribution is -2.06. The van der Waals surface area contributed by atoms with E-state index in [1.54, 1.807) is 12.1 Å². The van der Waals surface area contributed by atoms with Gasteiger partial charge in [0.1, 0.15) is 5.75 Å². The Morgan fingerprint density at radius 3 is 2.64 bits per heavy atom. The van der Waals surface area contributed by atoms with Crippen LogP contribution < -0.4 is 4.74 Å². The summed E-state index contributed by atoms with van der Waals surface area (Å²) in [7, 11) is 0. The summed E-state index contributed by atoms with van der Waals surface area (Å²) in [6, 6.07) is 9.93. The molecular formula is C19H17ClFNO3. The summed E-state index contributed by atoms with van der Waals surface area (Å²) in [5, 5.41) is 9.35. The first-order chi connectivity index (χ1) is 11.9. The molecule has 4 nitrogen and oxygen atoms in total. The van der Waals surface area contributed by atoms with Crippen LogP contribution in [0, 0.1) is 17.1 Å². The van der Waals surface area contributed by atoms with Crippen molar-refractivity contribution in [1.82, 2.24) is 0 Å². The van der Waals surface area contributed by atoms with E-state index in [0.29, 0.717) is 28.1 Å². The van der Waals surface area contributed by atoms with Crippen molar-refractivity contribution in [3.63, 3.8) is 0 Å². The van der Waals surface area contributed by atoms with E-state index in [2.05, 4.69) is 0 Å². The number of esters is 1. The smallest absolute Gasteiger partial charge is 0.302 e. The zero-order valence-electron chi connectivity index (χ0n) is 13.9. The first kappa shape index (κ1) is 18.8. The number of hydrogen-bond donors (Lipinski definition) is 0. The van der Waals surface area contributed by atoms with Crippen molar-refractivity contribution in [1.29, 1.82) is 5.26 Å². The minimum atomic E-state index is -0.509. The second-order valence-corrected chi connectivity index (χ2v) is 5.80. The monoisotopic (exact) mass is 361 g/mol. The molecular weight excluding hydrogens is 345 g/mol. The normalized spacial score (nSPS) is 10.2. The Bertz CT molecular complexity index is 830. The molecule has 0 unspecified atom stereocenters. The van der Waals surface area contributed by atoms with Crippen molar-refractivity contribution in [2.45, 2.75) is 26.7 Å². The highest BCUT2D eigenvalue weighted by molar-refractivity contribution is 6.30. The highest BCUT2D eigenvalue weighted by Crippen LogP contribution is 2.33. The quantitative estimate of drug-likeness (QED) is 0.693. The number of benzene rings is 2.